The second-order valence-corrected chi connectivity index (χ2v) is 2.64. The predicted molar refractivity (Wildman–Crippen MR) is 40.5 cm³/mol. The fraction of sp³-hybridized carbons (Fsp3) is 0.250. The van der Waals surface area contributed by atoms with Gasteiger partial charge in [-0.1, -0.05) is 0 Å². The molecule has 0 radical (unpaired) electrons. The van der Waals surface area contributed by atoms with Crippen LogP contribution in [0.5, 0.6) is 11.5 Å². The Morgan fingerprint density at radius 3 is 3.18 bits per heavy atom. The molecule has 1 aromatic carbocycles. The fourth-order valence-corrected chi connectivity index (χ4v) is 1.22. The minimum absolute atomic E-state index is 0.0365. The number of hydrogen-bond acceptors (Lipinski definition) is 3. The van der Waals surface area contributed by atoms with E-state index in [9.17, 15) is 0 Å². The van der Waals surface area contributed by atoms with E-state index in [0.717, 1.165) is 5.56 Å². The van der Waals surface area contributed by atoms with Crippen molar-refractivity contribution in [3.05, 3.63) is 23.8 Å². The van der Waals surface area contributed by atoms with Gasteiger partial charge in [-0.2, -0.15) is 0 Å². The molecule has 58 valence electrons. The van der Waals surface area contributed by atoms with Crippen molar-refractivity contribution < 1.29 is 9.84 Å². The van der Waals surface area contributed by atoms with E-state index < -0.39 is 0 Å². The highest BCUT2D eigenvalue weighted by Crippen LogP contribution is 2.33. The molecular weight excluding hydrogens is 142 g/mol. The molecule has 3 nitrogen and oxygen atoms in total. The largest absolute Gasteiger partial charge is 0.508 e. The first-order valence-corrected chi connectivity index (χ1v) is 3.48. The molecule has 0 bridgehead atoms. The van der Waals surface area contributed by atoms with Crippen LogP contribution in [0.2, 0.25) is 0 Å². The van der Waals surface area contributed by atoms with Gasteiger partial charge in [-0.15, -0.1) is 0 Å². The van der Waals surface area contributed by atoms with Gasteiger partial charge in [0.2, 0.25) is 0 Å². The normalized spacial score (nSPS) is 21.0. The van der Waals surface area contributed by atoms with Gasteiger partial charge in [0, 0.05) is 11.6 Å². The van der Waals surface area contributed by atoms with Crippen LogP contribution >= 0.6 is 0 Å². The van der Waals surface area contributed by atoms with Crippen molar-refractivity contribution in [1.82, 2.24) is 0 Å². The van der Waals surface area contributed by atoms with E-state index in [1.54, 1.807) is 18.2 Å². The lowest BCUT2D eigenvalue weighted by Gasteiger charge is -1.99. The topological polar surface area (TPSA) is 55.5 Å². The molecule has 3 heteroatoms. The summed E-state index contributed by atoms with van der Waals surface area (Å²) in [5.41, 5.74) is 6.66. The standard InChI is InChI=1S/C8H9NO2/c9-7-4-11-8-3-5(10)1-2-6(7)8/h1-3,7,10H,4,9H2/t7-/m1/s1. The van der Waals surface area contributed by atoms with Gasteiger partial charge in [0.15, 0.2) is 0 Å². The van der Waals surface area contributed by atoms with Gasteiger partial charge in [0.25, 0.3) is 0 Å². The van der Waals surface area contributed by atoms with Crippen LogP contribution in [0.4, 0.5) is 0 Å². The zero-order valence-electron chi connectivity index (χ0n) is 5.95. The third-order valence-corrected chi connectivity index (χ3v) is 1.82. The summed E-state index contributed by atoms with van der Waals surface area (Å²) in [4.78, 5) is 0. The number of rotatable bonds is 0. The van der Waals surface area contributed by atoms with Crippen molar-refractivity contribution in [3.8, 4) is 11.5 Å². The summed E-state index contributed by atoms with van der Waals surface area (Å²) in [5.74, 6) is 0.926. The summed E-state index contributed by atoms with van der Waals surface area (Å²) in [7, 11) is 0. The predicted octanol–water partition coefficient (Wildman–Crippen LogP) is 0.784. The first kappa shape index (κ1) is 6.49. The summed E-state index contributed by atoms with van der Waals surface area (Å²) >= 11 is 0. The van der Waals surface area contributed by atoms with Crippen LogP contribution in [-0.2, 0) is 0 Å². The minimum Gasteiger partial charge on any atom is -0.508 e. The smallest absolute Gasteiger partial charge is 0.127 e. The average molecular weight is 151 g/mol. The van der Waals surface area contributed by atoms with Crippen molar-refractivity contribution in [2.75, 3.05) is 6.61 Å². The molecule has 0 spiro atoms. The maximum Gasteiger partial charge on any atom is 0.127 e. The first-order valence-electron chi connectivity index (χ1n) is 3.48. The minimum atomic E-state index is -0.0365. The van der Waals surface area contributed by atoms with Gasteiger partial charge < -0.3 is 15.6 Å². The SMILES string of the molecule is N[C@@H]1COc2cc(O)ccc21. The molecule has 2 rings (SSSR count). The van der Waals surface area contributed by atoms with E-state index in [0.29, 0.717) is 12.4 Å². The third kappa shape index (κ3) is 0.935. The molecule has 0 fully saturated rings. The van der Waals surface area contributed by atoms with Gasteiger partial charge in [-0.25, -0.2) is 0 Å². The van der Waals surface area contributed by atoms with Gasteiger partial charge in [0.05, 0.1) is 6.04 Å². The highest BCUT2D eigenvalue weighted by molar-refractivity contribution is 5.44. The molecule has 0 unspecified atom stereocenters. The van der Waals surface area contributed by atoms with Crippen LogP contribution in [0.3, 0.4) is 0 Å². The number of benzene rings is 1. The Labute approximate surface area is 64.4 Å². The number of ether oxygens (including phenoxy) is 1. The number of hydrogen-bond donors (Lipinski definition) is 2. The summed E-state index contributed by atoms with van der Waals surface area (Å²) < 4.78 is 5.21. The van der Waals surface area contributed by atoms with Crippen molar-refractivity contribution >= 4 is 0 Å². The number of phenolic OH excluding ortho intramolecular Hbond substituents is 1. The van der Waals surface area contributed by atoms with Crippen LogP contribution in [-0.4, -0.2) is 11.7 Å². The summed E-state index contributed by atoms with van der Waals surface area (Å²) in [6, 6.07) is 4.96. The average Bonchev–Trinajstić information content (AvgIpc) is 2.32. The molecule has 1 atom stereocenters. The molecule has 0 saturated carbocycles. The molecule has 1 aliphatic rings. The Bertz CT molecular complexity index is 285. The van der Waals surface area contributed by atoms with Gasteiger partial charge in [-0.3, -0.25) is 0 Å². The summed E-state index contributed by atoms with van der Waals surface area (Å²) in [6.07, 6.45) is 0. The zero-order chi connectivity index (χ0) is 7.84. The molecule has 1 heterocycles. The van der Waals surface area contributed by atoms with Crippen molar-refractivity contribution in [2.45, 2.75) is 6.04 Å². The lowest BCUT2D eigenvalue weighted by Crippen LogP contribution is -2.10. The van der Waals surface area contributed by atoms with Crippen LogP contribution in [0, 0.1) is 0 Å². The number of fused-ring (bicyclic) bond motifs is 1. The van der Waals surface area contributed by atoms with E-state index >= 15 is 0 Å². The number of aromatic hydroxyl groups is 1. The third-order valence-electron chi connectivity index (χ3n) is 1.82. The molecule has 0 saturated heterocycles. The van der Waals surface area contributed by atoms with Crippen LogP contribution in [0.25, 0.3) is 0 Å². The Hall–Kier alpha value is -1.22. The quantitative estimate of drug-likeness (QED) is 0.576. The van der Waals surface area contributed by atoms with E-state index in [1.165, 1.54) is 0 Å². The molecule has 1 aliphatic heterocycles. The molecule has 0 aromatic heterocycles. The zero-order valence-corrected chi connectivity index (χ0v) is 5.95. The van der Waals surface area contributed by atoms with Crippen LogP contribution < -0.4 is 10.5 Å². The number of nitrogens with two attached hydrogens (primary N) is 1. The molecule has 3 N–H and O–H groups in total. The summed E-state index contributed by atoms with van der Waals surface area (Å²) in [6.45, 7) is 0.513. The van der Waals surface area contributed by atoms with Gasteiger partial charge in [0.1, 0.15) is 18.1 Å². The van der Waals surface area contributed by atoms with Gasteiger partial charge >= 0.3 is 0 Å². The molecule has 1 aromatic rings. The Kier molecular flexibility index (Phi) is 1.26. The van der Waals surface area contributed by atoms with E-state index in [1.807, 2.05) is 0 Å². The number of phenols is 1. The van der Waals surface area contributed by atoms with Gasteiger partial charge in [-0.05, 0) is 12.1 Å². The molecule has 11 heavy (non-hydrogen) atoms. The highest BCUT2D eigenvalue weighted by atomic mass is 16.5. The lowest BCUT2D eigenvalue weighted by molar-refractivity contribution is 0.332. The first-order chi connectivity index (χ1) is 5.27. The second-order valence-electron chi connectivity index (χ2n) is 2.64. The lowest BCUT2D eigenvalue weighted by atomic mass is 10.1. The maximum absolute atomic E-state index is 9.06. The molecule has 0 amide bonds. The Morgan fingerprint density at radius 1 is 1.55 bits per heavy atom. The van der Waals surface area contributed by atoms with E-state index in [-0.39, 0.29) is 11.8 Å². The fourth-order valence-electron chi connectivity index (χ4n) is 1.22. The Morgan fingerprint density at radius 2 is 2.36 bits per heavy atom. The van der Waals surface area contributed by atoms with Crippen molar-refractivity contribution in [2.24, 2.45) is 5.73 Å². The highest BCUT2D eigenvalue weighted by Gasteiger charge is 2.20. The monoisotopic (exact) mass is 151 g/mol. The van der Waals surface area contributed by atoms with Crippen molar-refractivity contribution in [3.63, 3.8) is 0 Å². The summed E-state index contributed by atoms with van der Waals surface area (Å²) in [5, 5.41) is 9.06. The Balaban J connectivity index is 2.50. The molecule has 0 aliphatic carbocycles. The maximum atomic E-state index is 9.06. The van der Waals surface area contributed by atoms with Crippen LogP contribution in [0.1, 0.15) is 11.6 Å². The molecular formula is C8H9NO2. The van der Waals surface area contributed by atoms with Crippen molar-refractivity contribution in [1.29, 1.82) is 0 Å². The van der Waals surface area contributed by atoms with Crippen LogP contribution in [0.15, 0.2) is 18.2 Å². The van der Waals surface area contributed by atoms with E-state index in [2.05, 4.69) is 0 Å². The van der Waals surface area contributed by atoms with E-state index in [4.69, 9.17) is 15.6 Å². The second kappa shape index (κ2) is 2.13.